The topological polar surface area (TPSA) is 94.4 Å². The lowest BCUT2D eigenvalue weighted by molar-refractivity contribution is -0.148. The SMILES string of the molecule is CCNC(=NCc1nc(-c2ccco2)n[nH]1)NCCC1CCN(CC(F)(F)F)CC1. The van der Waals surface area contributed by atoms with Crippen molar-refractivity contribution in [2.24, 2.45) is 10.9 Å². The molecule has 0 spiro atoms. The Balaban J connectivity index is 1.41. The summed E-state index contributed by atoms with van der Waals surface area (Å²) in [6, 6.07) is 3.56. The van der Waals surface area contributed by atoms with E-state index in [2.05, 4.69) is 30.8 Å². The Morgan fingerprint density at radius 3 is 2.80 bits per heavy atom. The second-order valence-electron chi connectivity index (χ2n) is 7.33. The molecule has 2 aromatic rings. The highest BCUT2D eigenvalue weighted by Gasteiger charge is 2.32. The number of aromatic amines is 1. The first-order chi connectivity index (χ1) is 14.4. The molecule has 0 atom stereocenters. The molecule has 1 fully saturated rings. The number of halogens is 3. The zero-order chi connectivity index (χ0) is 21.4. The van der Waals surface area contributed by atoms with Crippen molar-refractivity contribution in [2.75, 3.05) is 32.7 Å². The standard InChI is InChI=1S/C19H28F3N7O/c1-2-23-18(25-12-16-26-17(28-27-16)15-4-3-11-30-15)24-8-5-14-6-9-29(10-7-14)13-19(20,21)22/h3-4,11,14H,2,5-10,12-13H2,1H3,(H2,23,24,25)(H,26,27,28). The van der Waals surface area contributed by atoms with Crippen molar-refractivity contribution in [3.05, 3.63) is 24.2 Å². The van der Waals surface area contributed by atoms with Gasteiger partial charge in [-0.15, -0.1) is 5.10 Å². The number of nitrogens with zero attached hydrogens (tertiary/aromatic N) is 4. The van der Waals surface area contributed by atoms with Gasteiger partial charge in [-0.3, -0.25) is 10.00 Å². The Hall–Kier alpha value is -2.56. The van der Waals surface area contributed by atoms with E-state index in [1.807, 2.05) is 6.92 Å². The maximum absolute atomic E-state index is 12.5. The number of aromatic nitrogens is 3. The molecule has 3 heterocycles. The van der Waals surface area contributed by atoms with Gasteiger partial charge in [-0.2, -0.15) is 13.2 Å². The van der Waals surface area contributed by atoms with Gasteiger partial charge in [-0.25, -0.2) is 9.98 Å². The Kier molecular flexibility index (Phi) is 7.72. The molecule has 8 nitrogen and oxygen atoms in total. The van der Waals surface area contributed by atoms with Gasteiger partial charge in [0.1, 0.15) is 12.4 Å². The number of H-pyrrole nitrogens is 1. The van der Waals surface area contributed by atoms with Crippen molar-refractivity contribution in [2.45, 2.75) is 38.9 Å². The van der Waals surface area contributed by atoms with Crippen LogP contribution in [0, 0.1) is 5.92 Å². The fourth-order valence-electron chi connectivity index (χ4n) is 3.46. The molecule has 0 unspecified atom stereocenters. The number of nitrogens with one attached hydrogen (secondary N) is 3. The van der Waals surface area contributed by atoms with Gasteiger partial charge >= 0.3 is 6.18 Å². The number of likely N-dealkylation sites (tertiary alicyclic amines) is 1. The molecule has 1 aliphatic rings. The number of hydrogen-bond acceptors (Lipinski definition) is 5. The quantitative estimate of drug-likeness (QED) is 0.443. The Bertz CT molecular complexity index is 780. The Labute approximate surface area is 173 Å². The molecule has 0 saturated carbocycles. The van der Waals surface area contributed by atoms with Crippen LogP contribution in [0.4, 0.5) is 13.2 Å². The molecule has 0 amide bonds. The smallest absolute Gasteiger partial charge is 0.401 e. The minimum atomic E-state index is -4.12. The minimum Gasteiger partial charge on any atom is -0.461 e. The largest absolute Gasteiger partial charge is 0.461 e. The van der Waals surface area contributed by atoms with Crippen molar-refractivity contribution < 1.29 is 17.6 Å². The van der Waals surface area contributed by atoms with E-state index < -0.39 is 12.7 Å². The normalized spacial score (nSPS) is 16.7. The highest BCUT2D eigenvalue weighted by molar-refractivity contribution is 5.79. The molecular weight excluding hydrogens is 399 g/mol. The zero-order valence-electron chi connectivity index (χ0n) is 17.0. The minimum absolute atomic E-state index is 0.332. The highest BCUT2D eigenvalue weighted by atomic mass is 19.4. The predicted molar refractivity (Wildman–Crippen MR) is 107 cm³/mol. The molecule has 1 aliphatic heterocycles. The van der Waals surface area contributed by atoms with Crippen LogP contribution in [-0.4, -0.2) is 64.9 Å². The molecule has 0 aromatic carbocycles. The van der Waals surface area contributed by atoms with Gasteiger partial charge in [-0.1, -0.05) is 0 Å². The van der Waals surface area contributed by atoms with E-state index in [4.69, 9.17) is 4.42 Å². The van der Waals surface area contributed by atoms with E-state index in [1.54, 1.807) is 18.4 Å². The van der Waals surface area contributed by atoms with Crippen molar-refractivity contribution in [3.63, 3.8) is 0 Å². The number of alkyl halides is 3. The van der Waals surface area contributed by atoms with E-state index in [9.17, 15) is 13.2 Å². The molecule has 0 aliphatic carbocycles. The molecule has 3 N–H and O–H groups in total. The third kappa shape index (κ3) is 7.05. The number of furan rings is 1. The second kappa shape index (κ2) is 10.5. The number of rotatable bonds is 8. The summed E-state index contributed by atoms with van der Waals surface area (Å²) in [5, 5.41) is 13.4. The van der Waals surface area contributed by atoms with Gasteiger partial charge in [0.25, 0.3) is 0 Å². The predicted octanol–water partition coefficient (Wildman–Crippen LogP) is 2.78. The van der Waals surface area contributed by atoms with Crippen LogP contribution in [0.15, 0.2) is 27.8 Å². The van der Waals surface area contributed by atoms with Crippen molar-refractivity contribution >= 4 is 5.96 Å². The summed E-state index contributed by atoms with van der Waals surface area (Å²) < 4.78 is 42.7. The highest BCUT2D eigenvalue weighted by Crippen LogP contribution is 2.24. The van der Waals surface area contributed by atoms with Crippen LogP contribution in [0.5, 0.6) is 0 Å². The molecule has 0 bridgehead atoms. The monoisotopic (exact) mass is 427 g/mol. The van der Waals surface area contributed by atoms with Crippen LogP contribution < -0.4 is 10.6 Å². The Morgan fingerprint density at radius 1 is 1.33 bits per heavy atom. The number of aliphatic imine (C=N–C) groups is 1. The molecule has 30 heavy (non-hydrogen) atoms. The van der Waals surface area contributed by atoms with Crippen molar-refractivity contribution in [1.29, 1.82) is 0 Å². The molecule has 2 aromatic heterocycles. The number of piperidine rings is 1. The fourth-order valence-corrected chi connectivity index (χ4v) is 3.46. The fraction of sp³-hybridized carbons (Fsp3) is 0.632. The van der Waals surface area contributed by atoms with Crippen LogP contribution >= 0.6 is 0 Å². The molecule has 11 heteroatoms. The summed E-state index contributed by atoms with van der Waals surface area (Å²) in [4.78, 5) is 10.4. The van der Waals surface area contributed by atoms with E-state index in [-0.39, 0.29) is 0 Å². The summed E-state index contributed by atoms with van der Waals surface area (Å²) in [6.45, 7) is 3.94. The molecule has 1 saturated heterocycles. The summed E-state index contributed by atoms with van der Waals surface area (Å²) >= 11 is 0. The number of guanidine groups is 1. The van der Waals surface area contributed by atoms with E-state index >= 15 is 0 Å². The van der Waals surface area contributed by atoms with Crippen LogP contribution in [0.2, 0.25) is 0 Å². The van der Waals surface area contributed by atoms with E-state index in [0.717, 1.165) is 25.8 Å². The van der Waals surface area contributed by atoms with E-state index in [1.165, 1.54) is 4.90 Å². The van der Waals surface area contributed by atoms with Crippen molar-refractivity contribution in [1.82, 2.24) is 30.7 Å². The second-order valence-corrected chi connectivity index (χ2v) is 7.33. The maximum Gasteiger partial charge on any atom is 0.401 e. The van der Waals surface area contributed by atoms with Gasteiger partial charge in [0, 0.05) is 13.1 Å². The molecule has 166 valence electrons. The first-order valence-corrected chi connectivity index (χ1v) is 10.2. The van der Waals surface area contributed by atoms with Crippen LogP contribution in [0.3, 0.4) is 0 Å². The number of hydrogen-bond donors (Lipinski definition) is 3. The zero-order valence-corrected chi connectivity index (χ0v) is 17.0. The summed E-state index contributed by atoms with van der Waals surface area (Å²) in [5.74, 6) is 2.79. The maximum atomic E-state index is 12.5. The molecule has 0 radical (unpaired) electrons. The van der Waals surface area contributed by atoms with Gasteiger partial charge in [-0.05, 0) is 57.3 Å². The lowest BCUT2D eigenvalue weighted by Crippen LogP contribution is -2.41. The van der Waals surface area contributed by atoms with Crippen LogP contribution in [0.1, 0.15) is 32.0 Å². The summed E-state index contributed by atoms with van der Waals surface area (Å²) in [6.07, 6.45) is -0.0714. The van der Waals surface area contributed by atoms with Gasteiger partial charge in [0.2, 0.25) is 5.82 Å². The van der Waals surface area contributed by atoms with Crippen LogP contribution in [-0.2, 0) is 6.54 Å². The third-order valence-corrected chi connectivity index (χ3v) is 4.96. The summed E-state index contributed by atoms with van der Waals surface area (Å²) in [5.41, 5.74) is 0. The Morgan fingerprint density at radius 2 is 2.13 bits per heavy atom. The average molecular weight is 427 g/mol. The average Bonchev–Trinajstić information content (AvgIpc) is 3.38. The molecular formula is C19H28F3N7O. The lowest BCUT2D eigenvalue weighted by atomic mass is 9.93. The summed E-state index contributed by atoms with van der Waals surface area (Å²) in [7, 11) is 0. The first kappa shape index (κ1) is 22.1. The van der Waals surface area contributed by atoms with Crippen molar-refractivity contribution in [3.8, 4) is 11.6 Å². The van der Waals surface area contributed by atoms with E-state index in [0.29, 0.717) is 55.5 Å². The van der Waals surface area contributed by atoms with Gasteiger partial charge in [0.15, 0.2) is 11.7 Å². The molecule has 3 rings (SSSR count). The first-order valence-electron chi connectivity index (χ1n) is 10.2. The third-order valence-electron chi connectivity index (χ3n) is 4.96. The van der Waals surface area contributed by atoms with Gasteiger partial charge in [0.05, 0.1) is 12.8 Å². The van der Waals surface area contributed by atoms with Crippen LogP contribution in [0.25, 0.3) is 11.6 Å². The lowest BCUT2D eigenvalue weighted by Gasteiger charge is -2.32. The van der Waals surface area contributed by atoms with Gasteiger partial charge < -0.3 is 15.1 Å².